The Kier molecular flexibility index (Phi) is 7.62. The molecule has 0 bridgehead atoms. The lowest BCUT2D eigenvalue weighted by molar-refractivity contribution is 0.0207. The van der Waals surface area contributed by atoms with Gasteiger partial charge in [0.1, 0.15) is 24.4 Å². The quantitative estimate of drug-likeness (QED) is 0.602. The fraction of sp³-hybridized carbons (Fsp3) is 0.526. The number of likely N-dealkylation sites (tertiary alicyclic amines) is 1. The highest BCUT2D eigenvalue weighted by atomic mass is 35.5. The summed E-state index contributed by atoms with van der Waals surface area (Å²) in [6, 6.07) is 4.24. The van der Waals surface area contributed by atoms with Gasteiger partial charge in [0.25, 0.3) is 6.02 Å². The third-order valence-corrected chi connectivity index (χ3v) is 4.20. The maximum absolute atomic E-state index is 13.7. The lowest BCUT2D eigenvalue weighted by atomic mass is 10.1. The predicted molar refractivity (Wildman–Crippen MR) is 107 cm³/mol. The van der Waals surface area contributed by atoms with E-state index >= 15 is 0 Å². The highest BCUT2D eigenvalue weighted by Gasteiger charge is 2.26. The van der Waals surface area contributed by atoms with Gasteiger partial charge in [-0.15, -0.1) is 0 Å². The monoisotopic (exact) mass is 412 g/mol. The summed E-state index contributed by atoms with van der Waals surface area (Å²) in [5, 5.41) is 0.313. The third-order valence-electron chi connectivity index (χ3n) is 3.97. The molecule has 1 heterocycles. The second kappa shape index (κ2) is 9.73. The van der Waals surface area contributed by atoms with Crippen LogP contribution in [0.1, 0.15) is 39.2 Å². The van der Waals surface area contributed by atoms with Gasteiger partial charge in [-0.1, -0.05) is 17.7 Å². The summed E-state index contributed by atoms with van der Waals surface area (Å²) in [5.74, 6) is -0.467. The Hall–Kier alpha value is -2.35. The van der Waals surface area contributed by atoms with Crippen LogP contribution in [0.25, 0.3) is 0 Å². The summed E-state index contributed by atoms with van der Waals surface area (Å²) in [6.07, 6.45) is 2.45. The second-order valence-electron chi connectivity index (χ2n) is 7.45. The van der Waals surface area contributed by atoms with Crippen LogP contribution in [0.5, 0.6) is 0 Å². The van der Waals surface area contributed by atoms with Crippen LogP contribution in [-0.4, -0.2) is 48.1 Å². The topological polar surface area (TPSA) is 89.5 Å². The van der Waals surface area contributed by atoms with E-state index in [1.54, 1.807) is 11.0 Å². The Morgan fingerprint density at radius 2 is 2.07 bits per heavy atom. The number of nitrogens with two attached hydrogens (primary N) is 1. The minimum absolute atomic E-state index is 0.0453. The molecule has 0 atom stereocenters. The summed E-state index contributed by atoms with van der Waals surface area (Å²) in [7, 11) is 0. The molecule has 9 heteroatoms. The van der Waals surface area contributed by atoms with E-state index in [0.29, 0.717) is 36.5 Å². The summed E-state index contributed by atoms with van der Waals surface area (Å²) in [4.78, 5) is 22.0. The van der Waals surface area contributed by atoms with Gasteiger partial charge < -0.3 is 20.1 Å². The number of aliphatic imine (C=N–C) groups is 2. The van der Waals surface area contributed by atoms with Gasteiger partial charge >= 0.3 is 6.09 Å². The van der Waals surface area contributed by atoms with Crippen molar-refractivity contribution in [2.45, 2.75) is 51.9 Å². The van der Waals surface area contributed by atoms with Crippen molar-refractivity contribution < 1.29 is 18.7 Å². The largest absolute Gasteiger partial charge is 0.460 e. The molecule has 154 valence electrons. The summed E-state index contributed by atoms with van der Waals surface area (Å²) < 4.78 is 24.2. The molecule has 0 aromatic heterocycles. The summed E-state index contributed by atoms with van der Waals surface area (Å²) in [5.41, 5.74) is 5.48. The standard InChI is InChI=1S/C19H26ClFN4O3/c1-19(2,3)28-18(26)25-8-6-15(7-9-25)23-12-24-17(22)27-11-13-4-5-14(20)10-16(13)21/h4-5,10,12,15H,6-9,11H2,1-3H3,(H2,22,23,24). The first-order valence-corrected chi connectivity index (χ1v) is 9.41. The fourth-order valence-electron chi connectivity index (χ4n) is 2.54. The van der Waals surface area contributed by atoms with Crippen LogP contribution < -0.4 is 5.73 Å². The Morgan fingerprint density at radius 1 is 1.39 bits per heavy atom. The number of benzene rings is 1. The van der Waals surface area contributed by atoms with Gasteiger partial charge in [0, 0.05) is 23.7 Å². The van der Waals surface area contributed by atoms with Crippen molar-refractivity contribution in [3.8, 4) is 0 Å². The molecule has 1 saturated heterocycles. The summed E-state index contributed by atoms with van der Waals surface area (Å²) in [6.45, 7) is 6.61. The number of piperidine rings is 1. The van der Waals surface area contributed by atoms with Gasteiger partial charge in [-0.25, -0.2) is 9.18 Å². The van der Waals surface area contributed by atoms with Crippen LogP contribution in [0.3, 0.4) is 0 Å². The van der Waals surface area contributed by atoms with Gasteiger partial charge in [0.05, 0.1) is 6.04 Å². The van der Waals surface area contributed by atoms with Gasteiger partial charge in [0.15, 0.2) is 0 Å². The number of carbonyl (C=O) groups is 1. The maximum Gasteiger partial charge on any atom is 0.410 e. The van der Waals surface area contributed by atoms with E-state index < -0.39 is 11.4 Å². The zero-order chi connectivity index (χ0) is 20.7. The van der Waals surface area contributed by atoms with E-state index in [1.165, 1.54) is 18.5 Å². The van der Waals surface area contributed by atoms with E-state index in [9.17, 15) is 9.18 Å². The molecule has 1 aliphatic heterocycles. The Labute approximate surface area is 169 Å². The SMILES string of the molecule is CC(C)(C)OC(=O)N1CCC(N=CN=C(N)OCc2ccc(Cl)cc2F)CC1. The van der Waals surface area contributed by atoms with Crippen molar-refractivity contribution in [3.63, 3.8) is 0 Å². The van der Waals surface area contributed by atoms with E-state index in [2.05, 4.69) is 9.98 Å². The Balaban J connectivity index is 1.76. The van der Waals surface area contributed by atoms with Crippen molar-refractivity contribution in [2.24, 2.45) is 15.7 Å². The molecule has 1 aliphatic rings. The van der Waals surface area contributed by atoms with Crippen LogP contribution in [0.4, 0.5) is 9.18 Å². The molecule has 28 heavy (non-hydrogen) atoms. The molecule has 0 unspecified atom stereocenters. The van der Waals surface area contributed by atoms with Crippen LogP contribution in [0.2, 0.25) is 5.02 Å². The molecule has 0 radical (unpaired) electrons. The number of amides is 1. The molecule has 1 aromatic rings. The second-order valence-corrected chi connectivity index (χ2v) is 7.89. The third kappa shape index (κ3) is 7.34. The number of nitrogens with zero attached hydrogens (tertiary/aromatic N) is 3. The zero-order valence-corrected chi connectivity index (χ0v) is 17.1. The number of hydrogen-bond donors (Lipinski definition) is 1. The average molecular weight is 413 g/mol. The zero-order valence-electron chi connectivity index (χ0n) is 16.3. The van der Waals surface area contributed by atoms with Crippen molar-refractivity contribution in [3.05, 3.63) is 34.6 Å². The highest BCUT2D eigenvalue weighted by Crippen LogP contribution is 2.17. The molecule has 2 rings (SSSR count). The molecule has 2 N–H and O–H groups in total. The van der Waals surface area contributed by atoms with Crippen molar-refractivity contribution >= 4 is 30.1 Å². The molecule has 0 aliphatic carbocycles. The van der Waals surface area contributed by atoms with E-state index in [-0.39, 0.29) is 24.8 Å². The van der Waals surface area contributed by atoms with Crippen molar-refractivity contribution in [1.29, 1.82) is 0 Å². The number of ether oxygens (including phenoxy) is 2. The number of halogens is 2. The predicted octanol–water partition coefficient (Wildman–Crippen LogP) is 3.74. The lowest BCUT2D eigenvalue weighted by Crippen LogP contribution is -2.42. The van der Waals surface area contributed by atoms with Crippen LogP contribution in [-0.2, 0) is 16.1 Å². The van der Waals surface area contributed by atoms with Crippen molar-refractivity contribution in [1.82, 2.24) is 4.90 Å². The normalized spacial score (nSPS) is 16.5. The number of amidine groups is 1. The number of carbonyl (C=O) groups excluding carboxylic acids is 1. The molecule has 1 aromatic carbocycles. The fourth-order valence-corrected chi connectivity index (χ4v) is 2.69. The first-order valence-electron chi connectivity index (χ1n) is 9.03. The first-order chi connectivity index (χ1) is 13.1. The average Bonchev–Trinajstić information content (AvgIpc) is 2.60. The van der Waals surface area contributed by atoms with E-state index in [4.69, 9.17) is 26.8 Å². The molecular formula is C19H26ClFN4O3. The highest BCUT2D eigenvalue weighted by molar-refractivity contribution is 6.30. The lowest BCUT2D eigenvalue weighted by Gasteiger charge is -2.32. The van der Waals surface area contributed by atoms with Crippen LogP contribution in [0.15, 0.2) is 28.2 Å². The molecule has 1 fully saturated rings. The summed E-state index contributed by atoms with van der Waals surface area (Å²) >= 11 is 5.70. The smallest absolute Gasteiger partial charge is 0.410 e. The first kappa shape index (κ1) is 21.9. The van der Waals surface area contributed by atoms with Gasteiger partial charge in [0.2, 0.25) is 0 Å². The Bertz CT molecular complexity index is 741. The molecule has 0 saturated carbocycles. The number of hydrogen-bond acceptors (Lipinski definition) is 4. The van der Waals surface area contributed by atoms with E-state index in [0.717, 1.165) is 0 Å². The van der Waals surface area contributed by atoms with Crippen LogP contribution >= 0.6 is 11.6 Å². The molecule has 1 amide bonds. The van der Waals surface area contributed by atoms with Gasteiger partial charge in [-0.3, -0.25) is 4.99 Å². The minimum Gasteiger partial charge on any atom is -0.460 e. The van der Waals surface area contributed by atoms with Gasteiger partial charge in [-0.2, -0.15) is 4.99 Å². The Morgan fingerprint density at radius 3 is 2.68 bits per heavy atom. The molecular weight excluding hydrogens is 387 g/mol. The molecule has 7 nitrogen and oxygen atoms in total. The van der Waals surface area contributed by atoms with Crippen LogP contribution in [0, 0.1) is 5.82 Å². The van der Waals surface area contributed by atoms with Gasteiger partial charge in [-0.05, 0) is 45.7 Å². The maximum atomic E-state index is 13.7. The van der Waals surface area contributed by atoms with E-state index in [1.807, 2.05) is 20.8 Å². The van der Waals surface area contributed by atoms with Crippen molar-refractivity contribution in [2.75, 3.05) is 13.1 Å². The molecule has 0 spiro atoms. The minimum atomic E-state index is -0.507. The number of rotatable bonds is 4.